The van der Waals surface area contributed by atoms with Crippen molar-refractivity contribution in [3.63, 3.8) is 0 Å². The highest BCUT2D eigenvalue weighted by atomic mass is 32.2. The summed E-state index contributed by atoms with van der Waals surface area (Å²) < 4.78 is 7.89. The number of thioether (sulfide) groups is 1. The van der Waals surface area contributed by atoms with Crippen LogP contribution in [0.25, 0.3) is 0 Å². The van der Waals surface area contributed by atoms with Crippen LogP contribution in [0.1, 0.15) is 44.0 Å². The van der Waals surface area contributed by atoms with Crippen molar-refractivity contribution in [2.24, 2.45) is 0 Å². The highest BCUT2D eigenvalue weighted by molar-refractivity contribution is 7.99. The van der Waals surface area contributed by atoms with Gasteiger partial charge in [0.2, 0.25) is 0 Å². The molecule has 2 aliphatic heterocycles. The summed E-state index contributed by atoms with van der Waals surface area (Å²) in [5.41, 5.74) is 0. The molecule has 0 bridgehead atoms. The first-order valence-corrected chi connectivity index (χ1v) is 9.26. The minimum Gasteiger partial charge on any atom is -0.377 e. The Kier molecular flexibility index (Phi) is 4.14. The van der Waals surface area contributed by atoms with Gasteiger partial charge in [0, 0.05) is 24.9 Å². The number of rotatable bonds is 6. The fraction of sp³-hybridized carbons (Fsp3) is 0.929. The van der Waals surface area contributed by atoms with Gasteiger partial charge in [-0.25, -0.2) is 4.68 Å². The maximum atomic E-state index is 5.85. The lowest BCUT2D eigenvalue weighted by atomic mass is 10.1. The average Bonchev–Trinajstić information content (AvgIpc) is 2.94. The number of nitrogens with zero attached hydrogens (tertiary/aromatic N) is 5. The minimum absolute atomic E-state index is 0.404. The van der Waals surface area contributed by atoms with Gasteiger partial charge in [0.15, 0.2) is 5.82 Å². The van der Waals surface area contributed by atoms with E-state index in [1.54, 1.807) is 0 Å². The molecular weight excluding hydrogens is 286 g/mol. The van der Waals surface area contributed by atoms with Gasteiger partial charge in [-0.3, -0.25) is 4.90 Å². The first-order chi connectivity index (χ1) is 10.4. The SMILES string of the molecule is C1CO[C@@H](CN(Cc2nnnn2C2CC2)[C@H]2CCSC2)C1. The summed E-state index contributed by atoms with van der Waals surface area (Å²) in [4.78, 5) is 2.57. The van der Waals surface area contributed by atoms with Crippen LogP contribution in [0, 0.1) is 0 Å². The van der Waals surface area contributed by atoms with E-state index in [1.807, 2.05) is 4.68 Å². The van der Waals surface area contributed by atoms with Crippen molar-refractivity contribution in [3.8, 4) is 0 Å². The van der Waals surface area contributed by atoms with Crippen molar-refractivity contribution in [1.82, 2.24) is 25.1 Å². The monoisotopic (exact) mass is 309 g/mol. The molecule has 0 unspecified atom stereocenters. The van der Waals surface area contributed by atoms with Crippen LogP contribution in [0.15, 0.2) is 0 Å². The zero-order chi connectivity index (χ0) is 14.1. The molecule has 0 amide bonds. The molecule has 1 saturated carbocycles. The van der Waals surface area contributed by atoms with E-state index >= 15 is 0 Å². The van der Waals surface area contributed by atoms with Crippen molar-refractivity contribution in [1.29, 1.82) is 0 Å². The zero-order valence-corrected chi connectivity index (χ0v) is 13.2. The molecule has 0 N–H and O–H groups in total. The van der Waals surface area contributed by atoms with Crippen LogP contribution in [-0.4, -0.2) is 61.9 Å². The Hall–Kier alpha value is -0.660. The molecule has 4 rings (SSSR count). The fourth-order valence-electron chi connectivity index (χ4n) is 3.30. The van der Waals surface area contributed by atoms with Crippen molar-refractivity contribution in [2.75, 3.05) is 24.7 Å². The first-order valence-electron chi connectivity index (χ1n) is 8.10. The van der Waals surface area contributed by atoms with Gasteiger partial charge in [-0.05, 0) is 48.3 Å². The molecule has 3 aliphatic rings. The van der Waals surface area contributed by atoms with Crippen LogP contribution in [0.5, 0.6) is 0 Å². The van der Waals surface area contributed by atoms with Gasteiger partial charge in [-0.1, -0.05) is 0 Å². The molecule has 2 saturated heterocycles. The van der Waals surface area contributed by atoms with Crippen molar-refractivity contribution in [2.45, 2.75) is 56.8 Å². The Labute approximate surface area is 129 Å². The normalized spacial score (nSPS) is 29.6. The van der Waals surface area contributed by atoms with Crippen molar-refractivity contribution in [3.05, 3.63) is 5.82 Å². The molecule has 1 aromatic rings. The summed E-state index contributed by atoms with van der Waals surface area (Å²) in [5.74, 6) is 3.55. The van der Waals surface area contributed by atoms with Crippen LogP contribution in [0.3, 0.4) is 0 Å². The lowest BCUT2D eigenvalue weighted by molar-refractivity contribution is 0.0558. The summed E-state index contributed by atoms with van der Waals surface area (Å²) in [6.45, 7) is 2.83. The summed E-state index contributed by atoms with van der Waals surface area (Å²) in [5, 5.41) is 12.4. The molecule has 2 atom stereocenters. The predicted molar refractivity (Wildman–Crippen MR) is 81.2 cm³/mol. The second kappa shape index (κ2) is 6.22. The maximum absolute atomic E-state index is 5.85. The third kappa shape index (κ3) is 3.24. The van der Waals surface area contributed by atoms with Gasteiger partial charge in [0.05, 0.1) is 18.7 Å². The Morgan fingerprint density at radius 1 is 1.29 bits per heavy atom. The molecule has 6 nitrogen and oxygen atoms in total. The second-order valence-corrected chi connectivity index (χ2v) is 7.50. The summed E-state index contributed by atoms with van der Waals surface area (Å²) in [6, 6.07) is 1.21. The van der Waals surface area contributed by atoms with Crippen LogP contribution >= 0.6 is 11.8 Å². The molecule has 1 aromatic heterocycles. The van der Waals surface area contributed by atoms with Gasteiger partial charge in [-0.15, -0.1) is 5.10 Å². The third-order valence-electron chi connectivity index (χ3n) is 4.68. The molecule has 116 valence electrons. The number of hydrogen-bond acceptors (Lipinski definition) is 6. The van der Waals surface area contributed by atoms with Gasteiger partial charge >= 0.3 is 0 Å². The lowest BCUT2D eigenvalue weighted by Gasteiger charge is -2.29. The molecule has 3 heterocycles. The Morgan fingerprint density at radius 3 is 2.95 bits per heavy atom. The van der Waals surface area contributed by atoms with Crippen LogP contribution in [-0.2, 0) is 11.3 Å². The van der Waals surface area contributed by atoms with Crippen LogP contribution < -0.4 is 0 Å². The predicted octanol–water partition coefficient (Wildman–Crippen LogP) is 1.49. The average molecular weight is 309 g/mol. The van der Waals surface area contributed by atoms with E-state index in [4.69, 9.17) is 4.74 Å². The lowest BCUT2D eigenvalue weighted by Crippen LogP contribution is -2.40. The zero-order valence-electron chi connectivity index (χ0n) is 12.4. The summed E-state index contributed by atoms with van der Waals surface area (Å²) in [7, 11) is 0. The molecule has 7 heteroatoms. The topological polar surface area (TPSA) is 56.1 Å². The first kappa shape index (κ1) is 14.0. The molecule has 0 spiro atoms. The Morgan fingerprint density at radius 2 is 2.24 bits per heavy atom. The summed E-state index contributed by atoms with van der Waals surface area (Å²) >= 11 is 2.06. The van der Waals surface area contributed by atoms with Gasteiger partial charge in [0.1, 0.15) is 0 Å². The van der Waals surface area contributed by atoms with E-state index < -0.39 is 0 Å². The van der Waals surface area contributed by atoms with Crippen LogP contribution in [0.2, 0.25) is 0 Å². The molecule has 21 heavy (non-hydrogen) atoms. The van der Waals surface area contributed by atoms with E-state index in [-0.39, 0.29) is 0 Å². The van der Waals surface area contributed by atoms with Gasteiger partial charge < -0.3 is 4.74 Å². The second-order valence-electron chi connectivity index (χ2n) is 6.35. The maximum Gasteiger partial charge on any atom is 0.165 e. The van der Waals surface area contributed by atoms with E-state index in [2.05, 4.69) is 32.2 Å². The van der Waals surface area contributed by atoms with Gasteiger partial charge in [0.25, 0.3) is 0 Å². The molecule has 3 fully saturated rings. The molecule has 0 aromatic carbocycles. The minimum atomic E-state index is 0.404. The highest BCUT2D eigenvalue weighted by Crippen LogP contribution is 2.35. The standard InChI is InChI=1S/C14H23N5OS/c1-2-13(20-6-1)8-18(12-5-7-21-10-12)9-14-15-16-17-19(14)11-3-4-11/h11-13H,1-10H2/t12-,13+/m0/s1. The number of ether oxygens (including phenoxy) is 1. The molecule has 1 aliphatic carbocycles. The number of aromatic nitrogens is 4. The van der Waals surface area contributed by atoms with E-state index in [9.17, 15) is 0 Å². The van der Waals surface area contributed by atoms with Gasteiger partial charge in [-0.2, -0.15) is 11.8 Å². The number of hydrogen-bond donors (Lipinski definition) is 0. The molecule has 0 radical (unpaired) electrons. The Bertz CT molecular complexity index is 466. The molecular formula is C14H23N5OS. The van der Waals surface area contributed by atoms with Crippen molar-refractivity contribution < 1.29 is 4.74 Å². The van der Waals surface area contributed by atoms with Crippen LogP contribution in [0.4, 0.5) is 0 Å². The third-order valence-corrected chi connectivity index (χ3v) is 5.83. The van der Waals surface area contributed by atoms with E-state index in [0.29, 0.717) is 18.2 Å². The number of tetrazole rings is 1. The van der Waals surface area contributed by atoms with E-state index in [0.717, 1.165) is 25.5 Å². The smallest absolute Gasteiger partial charge is 0.165 e. The fourth-order valence-corrected chi connectivity index (χ4v) is 4.56. The highest BCUT2D eigenvalue weighted by Gasteiger charge is 2.31. The van der Waals surface area contributed by atoms with E-state index in [1.165, 1.54) is 43.6 Å². The Balaban J connectivity index is 1.46. The summed E-state index contributed by atoms with van der Waals surface area (Å²) in [6.07, 6.45) is 6.54. The largest absolute Gasteiger partial charge is 0.377 e. The quantitative estimate of drug-likeness (QED) is 0.793. The van der Waals surface area contributed by atoms with Crippen molar-refractivity contribution >= 4 is 11.8 Å².